The number of likely N-dealkylation sites (tertiary alicyclic amines) is 1. The van der Waals surface area contributed by atoms with Gasteiger partial charge in [0.25, 0.3) is 5.91 Å². The molecular formula is C29H27F3N6O3. The molecule has 9 nitrogen and oxygen atoms in total. The van der Waals surface area contributed by atoms with Crippen LogP contribution in [0.3, 0.4) is 0 Å². The van der Waals surface area contributed by atoms with Crippen molar-refractivity contribution in [2.75, 3.05) is 13.1 Å². The second-order valence-corrected chi connectivity index (χ2v) is 10.6. The summed E-state index contributed by atoms with van der Waals surface area (Å²) in [6.45, 7) is 3.95. The number of H-pyrrole nitrogens is 1. The third-order valence-corrected chi connectivity index (χ3v) is 8.00. The van der Waals surface area contributed by atoms with E-state index in [1.165, 1.54) is 16.7 Å². The van der Waals surface area contributed by atoms with E-state index in [2.05, 4.69) is 19.9 Å². The van der Waals surface area contributed by atoms with Gasteiger partial charge in [0, 0.05) is 49.2 Å². The highest BCUT2D eigenvalue weighted by atomic mass is 19.4. The topological polar surface area (TPSA) is 115 Å². The first-order chi connectivity index (χ1) is 19.5. The number of rotatable bonds is 3. The quantitative estimate of drug-likeness (QED) is 0.331. The number of alkyl halides is 3. The summed E-state index contributed by atoms with van der Waals surface area (Å²) in [6.07, 6.45) is 0.425. The Hall–Kier alpha value is -4.48. The molecule has 2 aliphatic rings. The summed E-state index contributed by atoms with van der Waals surface area (Å²) >= 11 is 0. The molecule has 3 aromatic heterocycles. The standard InChI is InChI=1S/C29H27F3N6O3/c1-15-11-34-26-20(15)10-19(12-35-26)18-8-17-5-7-37(27(39)22-13-33-16(2)36-25(22)29(30,31)32)14-23(17)21(9-18)24-4-3-6-38(24)28(40)41/h8-13,24H,3-7,14H2,1-2H3,(H,34,35)(H,40,41)/t24-/m0/s1. The zero-order valence-electron chi connectivity index (χ0n) is 22.4. The maximum absolute atomic E-state index is 13.8. The maximum atomic E-state index is 13.8. The van der Waals surface area contributed by atoms with Crippen LogP contribution in [0.15, 0.2) is 36.8 Å². The highest BCUT2D eigenvalue weighted by Crippen LogP contribution is 2.40. The van der Waals surface area contributed by atoms with Gasteiger partial charge in [-0.1, -0.05) is 6.07 Å². The molecule has 1 aromatic carbocycles. The Balaban J connectivity index is 1.43. The number of amides is 2. The minimum atomic E-state index is -4.81. The minimum absolute atomic E-state index is 0.0487. The number of aromatic amines is 1. The Kier molecular flexibility index (Phi) is 6.43. The number of carbonyl (C=O) groups excluding carboxylic acids is 1. The second-order valence-electron chi connectivity index (χ2n) is 10.6. The van der Waals surface area contributed by atoms with Crippen LogP contribution >= 0.6 is 0 Å². The predicted molar refractivity (Wildman–Crippen MR) is 143 cm³/mol. The average Bonchev–Trinajstić information content (AvgIpc) is 3.58. The number of pyridine rings is 1. The summed E-state index contributed by atoms with van der Waals surface area (Å²) in [5.41, 5.74) is 4.16. The average molecular weight is 565 g/mol. The lowest BCUT2D eigenvalue weighted by atomic mass is 9.86. The fourth-order valence-electron chi connectivity index (χ4n) is 5.96. The summed E-state index contributed by atoms with van der Waals surface area (Å²) in [7, 11) is 0. The number of aryl methyl sites for hydroxylation is 2. The number of benzene rings is 1. The van der Waals surface area contributed by atoms with Gasteiger partial charge in [0.2, 0.25) is 0 Å². The van der Waals surface area contributed by atoms with Crippen LogP contribution < -0.4 is 0 Å². The van der Waals surface area contributed by atoms with E-state index >= 15 is 0 Å². The van der Waals surface area contributed by atoms with Crippen molar-refractivity contribution in [1.29, 1.82) is 0 Å². The van der Waals surface area contributed by atoms with E-state index in [0.29, 0.717) is 25.8 Å². The zero-order valence-corrected chi connectivity index (χ0v) is 22.4. The Labute approximate surface area is 233 Å². The van der Waals surface area contributed by atoms with E-state index in [1.54, 1.807) is 6.20 Å². The molecule has 0 saturated carbocycles. The van der Waals surface area contributed by atoms with Crippen LogP contribution in [0.1, 0.15) is 63.0 Å². The van der Waals surface area contributed by atoms with Gasteiger partial charge < -0.3 is 19.9 Å². The van der Waals surface area contributed by atoms with Gasteiger partial charge in [-0.25, -0.2) is 19.7 Å². The Morgan fingerprint density at radius 2 is 1.88 bits per heavy atom. The monoisotopic (exact) mass is 564 g/mol. The maximum Gasteiger partial charge on any atom is 0.434 e. The van der Waals surface area contributed by atoms with Crippen LogP contribution in [-0.4, -0.2) is 59.9 Å². The molecule has 2 aliphatic heterocycles. The number of nitrogens with one attached hydrogen (secondary N) is 1. The van der Waals surface area contributed by atoms with E-state index in [4.69, 9.17) is 0 Å². The van der Waals surface area contributed by atoms with Crippen molar-refractivity contribution in [2.45, 2.75) is 51.9 Å². The summed E-state index contributed by atoms with van der Waals surface area (Å²) < 4.78 is 41.3. The van der Waals surface area contributed by atoms with Gasteiger partial charge >= 0.3 is 12.3 Å². The molecule has 12 heteroatoms. The van der Waals surface area contributed by atoms with Gasteiger partial charge in [0.05, 0.1) is 11.6 Å². The Bertz CT molecular complexity index is 1700. The molecule has 4 aromatic rings. The second kappa shape index (κ2) is 9.86. The fourth-order valence-corrected chi connectivity index (χ4v) is 5.96. The smallest absolute Gasteiger partial charge is 0.434 e. The first-order valence-electron chi connectivity index (χ1n) is 13.3. The Morgan fingerprint density at radius 3 is 2.63 bits per heavy atom. The number of hydrogen-bond donors (Lipinski definition) is 2. The molecular weight excluding hydrogens is 537 g/mol. The Morgan fingerprint density at radius 1 is 1.07 bits per heavy atom. The first-order valence-corrected chi connectivity index (χ1v) is 13.3. The SMILES string of the molecule is Cc1ncc(C(=O)N2CCc3cc(-c4cnc5[nH]cc(C)c5c4)cc([C@@H]4CCCN4C(=O)O)c3C2)c(C(F)(F)F)n1. The number of carbonyl (C=O) groups is 2. The van der Waals surface area contributed by atoms with Crippen LogP contribution in [0.2, 0.25) is 0 Å². The number of hydrogen-bond acceptors (Lipinski definition) is 5. The number of aromatic nitrogens is 4. The first kappa shape index (κ1) is 26.7. The van der Waals surface area contributed by atoms with Gasteiger partial charge in [-0.15, -0.1) is 0 Å². The van der Waals surface area contributed by atoms with Crippen LogP contribution in [0.4, 0.5) is 18.0 Å². The van der Waals surface area contributed by atoms with E-state index in [9.17, 15) is 27.9 Å². The van der Waals surface area contributed by atoms with E-state index in [-0.39, 0.29) is 18.9 Å². The molecule has 2 N–H and O–H groups in total. The van der Waals surface area contributed by atoms with Crippen molar-refractivity contribution >= 4 is 23.0 Å². The van der Waals surface area contributed by atoms with Gasteiger partial charge in [-0.2, -0.15) is 13.2 Å². The van der Waals surface area contributed by atoms with Crippen molar-refractivity contribution < 1.29 is 27.9 Å². The van der Waals surface area contributed by atoms with Crippen molar-refractivity contribution in [3.63, 3.8) is 0 Å². The van der Waals surface area contributed by atoms with Crippen molar-refractivity contribution in [3.05, 3.63) is 76.1 Å². The molecule has 2 amide bonds. The summed E-state index contributed by atoms with van der Waals surface area (Å²) in [4.78, 5) is 43.4. The number of carboxylic acid groups (broad SMARTS) is 1. The summed E-state index contributed by atoms with van der Waals surface area (Å²) in [6, 6.07) is 5.56. The van der Waals surface area contributed by atoms with E-state index < -0.39 is 35.5 Å². The van der Waals surface area contributed by atoms with Crippen LogP contribution in [0, 0.1) is 13.8 Å². The highest BCUT2D eigenvalue weighted by molar-refractivity contribution is 5.95. The third-order valence-electron chi connectivity index (χ3n) is 8.00. The van der Waals surface area contributed by atoms with Crippen molar-refractivity contribution in [1.82, 2.24) is 29.7 Å². The molecule has 1 atom stereocenters. The normalized spacial score (nSPS) is 17.2. The van der Waals surface area contributed by atoms with Crippen LogP contribution in [-0.2, 0) is 19.1 Å². The summed E-state index contributed by atoms with van der Waals surface area (Å²) in [5.74, 6) is -0.887. The molecule has 0 radical (unpaired) electrons. The van der Waals surface area contributed by atoms with E-state index in [1.807, 2.05) is 31.3 Å². The molecule has 0 aliphatic carbocycles. The van der Waals surface area contributed by atoms with Gasteiger partial charge in [-0.05, 0) is 73.1 Å². The van der Waals surface area contributed by atoms with Crippen LogP contribution in [0.25, 0.3) is 22.2 Å². The molecule has 5 heterocycles. The zero-order chi connectivity index (χ0) is 29.1. The molecule has 41 heavy (non-hydrogen) atoms. The fraction of sp³-hybridized carbons (Fsp3) is 0.345. The van der Waals surface area contributed by atoms with E-state index in [0.717, 1.165) is 50.6 Å². The van der Waals surface area contributed by atoms with Crippen molar-refractivity contribution in [3.8, 4) is 11.1 Å². The molecule has 6 rings (SSSR count). The minimum Gasteiger partial charge on any atom is -0.465 e. The highest BCUT2D eigenvalue weighted by Gasteiger charge is 2.40. The lowest BCUT2D eigenvalue weighted by Crippen LogP contribution is -2.38. The molecule has 1 fully saturated rings. The lowest BCUT2D eigenvalue weighted by Gasteiger charge is -2.34. The molecule has 0 unspecified atom stereocenters. The number of halogens is 3. The van der Waals surface area contributed by atoms with Crippen LogP contribution in [0.5, 0.6) is 0 Å². The van der Waals surface area contributed by atoms with Gasteiger partial charge in [0.1, 0.15) is 11.5 Å². The lowest BCUT2D eigenvalue weighted by molar-refractivity contribution is -0.141. The molecule has 0 bridgehead atoms. The molecule has 0 spiro atoms. The summed E-state index contributed by atoms with van der Waals surface area (Å²) in [5, 5.41) is 10.9. The van der Waals surface area contributed by atoms with Crippen molar-refractivity contribution in [2.24, 2.45) is 0 Å². The number of fused-ring (bicyclic) bond motifs is 2. The van der Waals surface area contributed by atoms with Gasteiger partial charge in [0.15, 0.2) is 5.69 Å². The predicted octanol–water partition coefficient (Wildman–Crippen LogP) is 5.67. The third kappa shape index (κ3) is 4.76. The molecule has 212 valence electrons. The molecule has 1 saturated heterocycles. The largest absolute Gasteiger partial charge is 0.465 e. The number of nitrogens with zero attached hydrogens (tertiary/aromatic N) is 5. The van der Waals surface area contributed by atoms with Gasteiger partial charge in [-0.3, -0.25) is 4.79 Å².